The molecular weight excluding hydrogens is 275 g/mol. The molecule has 7 heteroatoms. The van der Waals surface area contributed by atoms with E-state index in [1.807, 2.05) is 0 Å². The molecule has 0 saturated carbocycles. The molecule has 17 heavy (non-hydrogen) atoms. The summed E-state index contributed by atoms with van der Waals surface area (Å²) in [4.78, 5) is 39.4. The topological polar surface area (TPSA) is 114 Å². The van der Waals surface area contributed by atoms with E-state index in [0.29, 0.717) is 12.8 Å². The first kappa shape index (κ1) is 21.1. The minimum Gasteiger partial charge on any atom is -0.542 e. The molecule has 0 atom stereocenters. The smallest absolute Gasteiger partial charge is 0.542 e. The molecule has 0 amide bonds. The summed E-state index contributed by atoms with van der Waals surface area (Å²) in [6, 6.07) is 0. The zero-order valence-corrected chi connectivity index (χ0v) is 10.6. The Balaban J connectivity index is -0.000000218. The summed E-state index contributed by atoms with van der Waals surface area (Å²) in [7, 11) is 0. The molecule has 0 aliphatic rings. The van der Waals surface area contributed by atoms with Crippen LogP contribution in [-0.2, 0) is 35.7 Å². The first-order chi connectivity index (χ1) is 7.36. The molecule has 0 aliphatic heterocycles. The maximum atomic E-state index is 10.1. The van der Waals surface area contributed by atoms with Crippen molar-refractivity contribution in [1.82, 2.24) is 0 Å². The van der Waals surface area contributed by atoms with Gasteiger partial charge in [-0.1, -0.05) is 13.8 Å². The van der Waals surface area contributed by atoms with Crippen LogP contribution in [0.4, 0.5) is 0 Å². The van der Waals surface area contributed by atoms with Gasteiger partial charge in [-0.05, 0) is 12.8 Å². The first-order valence-electron chi connectivity index (χ1n) is 4.85. The molecule has 0 radical (unpaired) electrons. The Kier molecular flexibility index (Phi) is 15.9. The molecule has 0 saturated heterocycles. The SMILES string of the molecule is CCCC(=O)C(=O)[O-].CCCC(=O)C(=O)[O-].[Ni+2]. The Hall–Kier alpha value is -1.23. The molecule has 6 nitrogen and oxygen atoms in total. The molecule has 0 bridgehead atoms. The van der Waals surface area contributed by atoms with Crippen LogP contribution in [0.2, 0.25) is 0 Å². The number of ketones is 2. The van der Waals surface area contributed by atoms with Crippen molar-refractivity contribution in [3.63, 3.8) is 0 Å². The van der Waals surface area contributed by atoms with E-state index in [9.17, 15) is 29.4 Å². The fraction of sp³-hybridized carbons (Fsp3) is 0.600. The standard InChI is InChI=1S/2C5H8O3.Ni/c2*1-2-3-4(6)5(7)8;/h2*2-3H2,1H3,(H,7,8);/q;;+2/p-2. The third kappa shape index (κ3) is 14.8. The molecule has 0 rings (SSSR count). The zero-order valence-electron chi connectivity index (χ0n) is 9.59. The van der Waals surface area contributed by atoms with E-state index in [4.69, 9.17) is 0 Å². The van der Waals surface area contributed by atoms with Crippen LogP contribution in [0.3, 0.4) is 0 Å². The predicted molar refractivity (Wildman–Crippen MR) is 49.8 cm³/mol. The Morgan fingerprint density at radius 2 is 1.00 bits per heavy atom. The summed E-state index contributed by atoms with van der Waals surface area (Å²) in [5.74, 6) is -4.78. The van der Waals surface area contributed by atoms with Crippen molar-refractivity contribution in [2.45, 2.75) is 39.5 Å². The number of carbonyl (C=O) groups excluding carboxylic acids is 4. The van der Waals surface area contributed by atoms with Crippen molar-refractivity contribution in [1.29, 1.82) is 0 Å². The van der Waals surface area contributed by atoms with Crippen LogP contribution < -0.4 is 10.2 Å². The molecule has 0 aromatic rings. The van der Waals surface area contributed by atoms with Crippen LogP contribution in [0.1, 0.15) is 39.5 Å². The average Bonchev–Trinajstić information content (AvgIpc) is 2.19. The number of rotatable bonds is 6. The number of Topliss-reactive ketones (excluding diaryl/α,β-unsaturated/α-hetero) is 2. The van der Waals surface area contributed by atoms with Gasteiger partial charge in [-0.25, -0.2) is 0 Å². The van der Waals surface area contributed by atoms with E-state index in [1.165, 1.54) is 0 Å². The maximum absolute atomic E-state index is 10.1. The second-order valence-electron chi connectivity index (χ2n) is 2.92. The first-order valence-corrected chi connectivity index (χ1v) is 4.85. The van der Waals surface area contributed by atoms with E-state index in [2.05, 4.69) is 0 Å². The summed E-state index contributed by atoms with van der Waals surface area (Å²) in [6.07, 6.45) is 1.30. The molecule has 0 aliphatic carbocycles. The zero-order chi connectivity index (χ0) is 13.1. The number of hydrogen-bond acceptors (Lipinski definition) is 6. The normalized spacial score (nSPS) is 8.12. The van der Waals surface area contributed by atoms with Crippen LogP contribution >= 0.6 is 0 Å². The van der Waals surface area contributed by atoms with Crippen LogP contribution in [0.5, 0.6) is 0 Å². The van der Waals surface area contributed by atoms with Crippen molar-refractivity contribution in [3.8, 4) is 0 Å². The molecule has 0 aromatic heterocycles. The van der Waals surface area contributed by atoms with E-state index >= 15 is 0 Å². The maximum Gasteiger partial charge on any atom is 2.00 e. The molecule has 0 aromatic carbocycles. The number of carbonyl (C=O) groups is 4. The van der Waals surface area contributed by atoms with Crippen molar-refractivity contribution in [2.24, 2.45) is 0 Å². The summed E-state index contributed by atoms with van der Waals surface area (Å²) in [5, 5.41) is 19.3. The molecular formula is C10H14NiO6. The molecule has 0 spiro atoms. The number of hydrogen-bond donors (Lipinski definition) is 0. The van der Waals surface area contributed by atoms with Crippen molar-refractivity contribution in [2.75, 3.05) is 0 Å². The molecule has 100 valence electrons. The van der Waals surface area contributed by atoms with Gasteiger partial charge >= 0.3 is 16.5 Å². The quantitative estimate of drug-likeness (QED) is 0.421. The van der Waals surface area contributed by atoms with Crippen molar-refractivity contribution < 1.29 is 45.9 Å². The fourth-order valence-corrected chi connectivity index (χ4v) is 0.658. The second-order valence-corrected chi connectivity index (χ2v) is 2.92. The Morgan fingerprint density at radius 3 is 1.06 bits per heavy atom. The van der Waals surface area contributed by atoms with Gasteiger partial charge in [0.1, 0.15) is 11.9 Å². The number of aliphatic carboxylic acids is 2. The monoisotopic (exact) mass is 288 g/mol. The van der Waals surface area contributed by atoms with Gasteiger partial charge in [0, 0.05) is 12.8 Å². The molecule has 0 N–H and O–H groups in total. The average molecular weight is 289 g/mol. The minimum atomic E-state index is -1.58. The van der Waals surface area contributed by atoms with Gasteiger partial charge in [0.2, 0.25) is 0 Å². The summed E-state index contributed by atoms with van der Waals surface area (Å²) in [5.41, 5.74) is 0. The van der Waals surface area contributed by atoms with Gasteiger partial charge in [0.05, 0.1) is 0 Å². The van der Waals surface area contributed by atoms with Crippen LogP contribution in [0, 0.1) is 0 Å². The summed E-state index contributed by atoms with van der Waals surface area (Å²) >= 11 is 0. The van der Waals surface area contributed by atoms with Gasteiger partial charge in [-0.2, -0.15) is 0 Å². The van der Waals surface area contributed by atoms with Crippen molar-refractivity contribution >= 4 is 23.5 Å². The van der Waals surface area contributed by atoms with E-state index < -0.39 is 23.5 Å². The van der Waals surface area contributed by atoms with Gasteiger partial charge < -0.3 is 19.8 Å². The number of carboxylic acids is 2. The van der Waals surface area contributed by atoms with Crippen LogP contribution in [-0.4, -0.2) is 23.5 Å². The third-order valence-corrected chi connectivity index (χ3v) is 1.41. The van der Waals surface area contributed by atoms with Gasteiger partial charge in [-0.15, -0.1) is 0 Å². The Labute approximate surface area is 109 Å². The largest absolute Gasteiger partial charge is 2.00 e. The van der Waals surface area contributed by atoms with Gasteiger partial charge in [-0.3, -0.25) is 9.59 Å². The Bertz CT molecular complexity index is 246. The summed E-state index contributed by atoms with van der Waals surface area (Å²) < 4.78 is 0. The van der Waals surface area contributed by atoms with Crippen LogP contribution in [0.15, 0.2) is 0 Å². The Morgan fingerprint density at radius 1 is 0.765 bits per heavy atom. The molecule has 0 heterocycles. The van der Waals surface area contributed by atoms with Gasteiger partial charge in [0.15, 0.2) is 11.6 Å². The summed E-state index contributed by atoms with van der Waals surface area (Å²) in [6.45, 7) is 3.47. The third-order valence-electron chi connectivity index (χ3n) is 1.41. The second kappa shape index (κ2) is 12.8. The predicted octanol–water partition coefficient (Wildman–Crippen LogP) is -1.79. The van der Waals surface area contributed by atoms with Crippen molar-refractivity contribution in [3.05, 3.63) is 0 Å². The van der Waals surface area contributed by atoms with E-state index in [-0.39, 0.29) is 29.3 Å². The molecule has 0 fully saturated rings. The van der Waals surface area contributed by atoms with Gasteiger partial charge in [0.25, 0.3) is 0 Å². The van der Waals surface area contributed by atoms with E-state index in [0.717, 1.165) is 0 Å². The van der Waals surface area contributed by atoms with E-state index in [1.54, 1.807) is 13.8 Å². The molecule has 0 unspecified atom stereocenters. The minimum absolute atomic E-state index is 0. The fourth-order valence-electron chi connectivity index (χ4n) is 0.658. The number of carboxylic acid groups (broad SMARTS) is 2. The van der Waals surface area contributed by atoms with Crippen LogP contribution in [0.25, 0.3) is 0 Å².